The van der Waals surface area contributed by atoms with Crippen LogP contribution in [0.3, 0.4) is 0 Å². The van der Waals surface area contributed by atoms with E-state index in [0.717, 1.165) is 6.26 Å². The van der Waals surface area contributed by atoms with Crippen molar-refractivity contribution >= 4 is 27.3 Å². The van der Waals surface area contributed by atoms with Crippen LogP contribution < -0.4 is 10.0 Å². The van der Waals surface area contributed by atoms with Gasteiger partial charge in [0.1, 0.15) is 11.4 Å². The lowest BCUT2D eigenvalue weighted by Gasteiger charge is -2.09. The van der Waals surface area contributed by atoms with Crippen molar-refractivity contribution < 1.29 is 13.2 Å². The summed E-state index contributed by atoms with van der Waals surface area (Å²) in [5.74, 6) is 0.346. The lowest BCUT2D eigenvalue weighted by molar-refractivity contribution is 0.102. The van der Waals surface area contributed by atoms with Crippen molar-refractivity contribution in [1.29, 1.82) is 0 Å². The van der Waals surface area contributed by atoms with Gasteiger partial charge in [0.15, 0.2) is 0 Å². The molecule has 1 amide bonds. The minimum Gasteiger partial charge on any atom is -0.322 e. The van der Waals surface area contributed by atoms with Crippen LogP contribution in [0, 0.1) is 0 Å². The molecule has 0 aliphatic rings. The molecular formula is C16H17N5O3S. The number of hydrogen-bond donors (Lipinski definition) is 2. The van der Waals surface area contributed by atoms with E-state index in [4.69, 9.17) is 0 Å². The SMILES string of the molecule is Cn1ncc(C(=O)Nc2ccc(NS(C)(=O)=O)cc2)c1-n1cccc1. The van der Waals surface area contributed by atoms with Crippen molar-refractivity contribution in [3.05, 3.63) is 60.6 Å². The van der Waals surface area contributed by atoms with E-state index in [1.807, 2.05) is 24.5 Å². The Bertz CT molecular complexity index is 989. The van der Waals surface area contributed by atoms with Gasteiger partial charge in [0.2, 0.25) is 10.0 Å². The number of aromatic nitrogens is 3. The topological polar surface area (TPSA) is 98.0 Å². The zero-order valence-corrected chi connectivity index (χ0v) is 14.5. The number of amides is 1. The maximum Gasteiger partial charge on any atom is 0.261 e. The van der Waals surface area contributed by atoms with Crippen molar-refractivity contribution in [3.8, 4) is 5.82 Å². The van der Waals surface area contributed by atoms with Crippen LogP contribution >= 0.6 is 0 Å². The molecular weight excluding hydrogens is 342 g/mol. The van der Waals surface area contributed by atoms with Gasteiger partial charge in [0.25, 0.3) is 5.91 Å². The first kappa shape index (κ1) is 16.8. The van der Waals surface area contributed by atoms with Gasteiger partial charge in [-0.3, -0.25) is 14.2 Å². The van der Waals surface area contributed by atoms with Crippen molar-refractivity contribution in [3.63, 3.8) is 0 Å². The maximum atomic E-state index is 12.6. The summed E-state index contributed by atoms with van der Waals surface area (Å²) in [5, 5.41) is 6.93. The van der Waals surface area contributed by atoms with Crippen LogP contribution in [0.4, 0.5) is 11.4 Å². The lowest BCUT2D eigenvalue weighted by atomic mass is 10.2. The molecule has 2 N–H and O–H groups in total. The first-order chi connectivity index (χ1) is 11.8. The Hall–Kier alpha value is -3.07. The van der Waals surface area contributed by atoms with Crippen LogP contribution in [0.1, 0.15) is 10.4 Å². The standard InChI is InChI=1S/C16H17N5O3S/c1-20-16(21-9-3-4-10-21)14(11-17-20)15(22)18-12-5-7-13(8-6-12)19-25(2,23)24/h3-11,19H,1-2H3,(H,18,22). The number of nitrogens with zero attached hydrogens (tertiary/aromatic N) is 3. The van der Waals surface area contributed by atoms with E-state index in [9.17, 15) is 13.2 Å². The zero-order valence-electron chi connectivity index (χ0n) is 13.7. The van der Waals surface area contributed by atoms with Gasteiger partial charge in [0, 0.05) is 30.8 Å². The number of nitrogens with one attached hydrogen (secondary N) is 2. The van der Waals surface area contributed by atoms with Crippen molar-refractivity contribution in [2.75, 3.05) is 16.3 Å². The minimum atomic E-state index is -3.34. The number of carbonyl (C=O) groups excluding carboxylic acids is 1. The molecule has 0 atom stereocenters. The summed E-state index contributed by atoms with van der Waals surface area (Å²) in [6.07, 6.45) is 6.25. The van der Waals surface area contributed by atoms with Crippen LogP contribution in [0.15, 0.2) is 55.0 Å². The second-order valence-electron chi connectivity index (χ2n) is 5.50. The first-order valence-corrected chi connectivity index (χ1v) is 9.27. The van der Waals surface area contributed by atoms with Gasteiger partial charge in [-0.05, 0) is 36.4 Å². The minimum absolute atomic E-state index is 0.305. The fraction of sp³-hybridized carbons (Fsp3) is 0.125. The molecule has 0 radical (unpaired) electrons. The summed E-state index contributed by atoms with van der Waals surface area (Å²) in [6, 6.07) is 10.1. The van der Waals surface area contributed by atoms with E-state index in [0.29, 0.717) is 22.8 Å². The second kappa shape index (κ2) is 6.44. The Morgan fingerprint density at radius 1 is 1.08 bits per heavy atom. The first-order valence-electron chi connectivity index (χ1n) is 7.38. The monoisotopic (exact) mass is 359 g/mol. The third kappa shape index (κ3) is 3.89. The smallest absolute Gasteiger partial charge is 0.261 e. The summed E-state index contributed by atoms with van der Waals surface area (Å²) >= 11 is 0. The summed E-state index contributed by atoms with van der Waals surface area (Å²) in [7, 11) is -1.57. The van der Waals surface area contributed by atoms with Crippen LogP contribution in [0.5, 0.6) is 0 Å². The van der Waals surface area contributed by atoms with E-state index < -0.39 is 10.0 Å². The molecule has 0 spiro atoms. The van der Waals surface area contributed by atoms with Crippen LogP contribution in [0.25, 0.3) is 5.82 Å². The van der Waals surface area contributed by atoms with E-state index >= 15 is 0 Å². The molecule has 0 aliphatic carbocycles. The number of rotatable bonds is 5. The average molecular weight is 359 g/mol. The predicted octanol–water partition coefficient (Wildman–Crippen LogP) is 1.83. The van der Waals surface area contributed by atoms with E-state index in [1.54, 1.807) is 40.6 Å². The number of sulfonamides is 1. The number of anilines is 2. The molecule has 0 saturated heterocycles. The molecule has 2 heterocycles. The molecule has 0 saturated carbocycles. The molecule has 2 aromatic heterocycles. The number of carbonyl (C=O) groups is 1. The van der Waals surface area contributed by atoms with Gasteiger partial charge in [-0.1, -0.05) is 0 Å². The van der Waals surface area contributed by atoms with Gasteiger partial charge in [-0.2, -0.15) is 5.10 Å². The predicted molar refractivity (Wildman–Crippen MR) is 95.4 cm³/mol. The van der Waals surface area contributed by atoms with E-state index in [-0.39, 0.29) is 5.91 Å². The van der Waals surface area contributed by atoms with Crippen LogP contribution in [-0.4, -0.2) is 34.9 Å². The Labute approximate surface area is 145 Å². The van der Waals surface area contributed by atoms with Gasteiger partial charge in [-0.25, -0.2) is 8.42 Å². The average Bonchev–Trinajstić information content (AvgIpc) is 3.16. The molecule has 9 heteroatoms. The molecule has 130 valence electrons. The third-order valence-electron chi connectivity index (χ3n) is 3.45. The molecule has 0 unspecified atom stereocenters. The fourth-order valence-corrected chi connectivity index (χ4v) is 2.97. The molecule has 3 aromatic rings. The zero-order chi connectivity index (χ0) is 18.0. The Morgan fingerprint density at radius 3 is 2.28 bits per heavy atom. The molecule has 8 nitrogen and oxygen atoms in total. The quantitative estimate of drug-likeness (QED) is 0.726. The molecule has 0 aliphatic heterocycles. The van der Waals surface area contributed by atoms with Crippen LogP contribution in [-0.2, 0) is 17.1 Å². The van der Waals surface area contributed by atoms with E-state index in [1.165, 1.54) is 6.20 Å². The molecule has 0 bridgehead atoms. The molecule has 25 heavy (non-hydrogen) atoms. The highest BCUT2D eigenvalue weighted by Crippen LogP contribution is 2.18. The largest absolute Gasteiger partial charge is 0.322 e. The fourth-order valence-electron chi connectivity index (χ4n) is 2.41. The maximum absolute atomic E-state index is 12.6. The summed E-state index contributed by atoms with van der Waals surface area (Å²) in [4.78, 5) is 12.6. The normalized spacial score (nSPS) is 11.3. The lowest BCUT2D eigenvalue weighted by Crippen LogP contribution is -2.15. The molecule has 0 fully saturated rings. The van der Waals surface area contributed by atoms with Crippen molar-refractivity contribution in [2.24, 2.45) is 7.05 Å². The summed E-state index contributed by atoms with van der Waals surface area (Å²) < 4.78 is 28.2. The van der Waals surface area contributed by atoms with Crippen molar-refractivity contribution in [2.45, 2.75) is 0 Å². The molecule has 1 aromatic carbocycles. The number of benzene rings is 1. The highest BCUT2D eigenvalue weighted by Gasteiger charge is 2.17. The third-order valence-corrected chi connectivity index (χ3v) is 4.05. The summed E-state index contributed by atoms with van der Waals surface area (Å²) in [6.45, 7) is 0. The van der Waals surface area contributed by atoms with Gasteiger partial charge in [-0.15, -0.1) is 0 Å². The van der Waals surface area contributed by atoms with Crippen LogP contribution in [0.2, 0.25) is 0 Å². The van der Waals surface area contributed by atoms with E-state index in [2.05, 4.69) is 15.1 Å². The highest BCUT2D eigenvalue weighted by molar-refractivity contribution is 7.92. The Balaban J connectivity index is 1.80. The second-order valence-corrected chi connectivity index (χ2v) is 7.25. The van der Waals surface area contributed by atoms with Gasteiger partial charge < -0.3 is 9.88 Å². The number of hydrogen-bond acceptors (Lipinski definition) is 4. The Morgan fingerprint density at radius 2 is 1.68 bits per heavy atom. The Kier molecular flexibility index (Phi) is 4.32. The summed E-state index contributed by atoms with van der Waals surface area (Å²) in [5.41, 5.74) is 1.40. The molecule has 3 rings (SSSR count). The highest BCUT2D eigenvalue weighted by atomic mass is 32.2. The van der Waals surface area contributed by atoms with Crippen molar-refractivity contribution in [1.82, 2.24) is 14.3 Å². The number of aryl methyl sites for hydroxylation is 1. The van der Waals surface area contributed by atoms with Gasteiger partial charge in [0.05, 0.1) is 12.5 Å². The van der Waals surface area contributed by atoms with Gasteiger partial charge >= 0.3 is 0 Å².